The zero-order chi connectivity index (χ0) is 7.72. The van der Waals surface area contributed by atoms with Crippen molar-refractivity contribution in [3.8, 4) is 0 Å². The van der Waals surface area contributed by atoms with Crippen molar-refractivity contribution in [3.05, 3.63) is 28.5 Å². The summed E-state index contributed by atoms with van der Waals surface area (Å²) in [5.74, 6) is -0.380. The van der Waals surface area contributed by atoms with Crippen molar-refractivity contribution in [2.24, 2.45) is 0 Å². The Morgan fingerprint density at radius 3 is 2.60 bits per heavy atom. The first-order valence-electron chi connectivity index (χ1n) is 2.76. The Bertz CT molecular complexity index is 233. The van der Waals surface area contributed by atoms with Crippen LogP contribution in [0.3, 0.4) is 0 Å². The van der Waals surface area contributed by atoms with Gasteiger partial charge < -0.3 is 0 Å². The molecule has 0 N–H and O–H groups in total. The molecule has 0 saturated carbocycles. The van der Waals surface area contributed by atoms with E-state index in [4.69, 9.17) is 11.6 Å². The molecule has 0 fully saturated rings. The summed E-state index contributed by atoms with van der Waals surface area (Å²) in [7, 11) is 0. The quantitative estimate of drug-likeness (QED) is 0.577. The largest absolute Gasteiger partial charge is 0.205 e. The van der Waals surface area contributed by atoms with Crippen LogP contribution in [0.25, 0.3) is 0 Å². The van der Waals surface area contributed by atoms with E-state index in [-0.39, 0.29) is 10.8 Å². The first-order chi connectivity index (χ1) is 4.63. The van der Waals surface area contributed by atoms with Crippen LogP contribution in [-0.4, -0.2) is 0 Å². The lowest BCUT2D eigenvalue weighted by Gasteiger charge is -1.99. The Morgan fingerprint density at radius 1 is 1.50 bits per heavy atom. The van der Waals surface area contributed by atoms with E-state index >= 15 is 0 Å². The predicted molar refractivity (Wildman–Crippen MR) is 43.4 cm³/mol. The van der Waals surface area contributed by atoms with E-state index in [1.807, 2.05) is 0 Å². The van der Waals surface area contributed by atoms with E-state index in [1.165, 1.54) is 0 Å². The van der Waals surface area contributed by atoms with Gasteiger partial charge >= 0.3 is 0 Å². The maximum Gasteiger partial charge on any atom is 0.145 e. The Balaban J connectivity index is 3.34. The number of thiol groups is 1. The number of aryl methyl sites for hydroxylation is 1. The third kappa shape index (κ3) is 1.27. The van der Waals surface area contributed by atoms with Gasteiger partial charge in [-0.3, -0.25) is 0 Å². The molecule has 0 bridgehead atoms. The van der Waals surface area contributed by atoms with Crippen molar-refractivity contribution < 1.29 is 4.39 Å². The molecule has 0 aliphatic rings. The van der Waals surface area contributed by atoms with Gasteiger partial charge in [0.2, 0.25) is 0 Å². The third-order valence-corrected chi connectivity index (χ3v) is 2.13. The summed E-state index contributed by atoms with van der Waals surface area (Å²) >= 11 is 9.47. The number of hydrogen-bond acceptors (Lipinski definition) is 1. The third-order valence-electron chi connectivity index (χ3n) is 1.26. The predicted octanol–water partition coefficient (Wildman–Crippen LogP) is 3.08. The maximum atomic E-state index is 12.8. The first-order valence-corrected chi connectivity index (χ1v) is 3.59. The number of hydrogen-bond donors (Lipinski definition) is 1. The second-order valence-electron chi connectivity index (χ2n) is 2.03. The zero-order valence-corrected chi connectivity index (χ0v) is 7.01. The van der Waals surface area contributed by atoms with E-state index in [2.05, 4.69) is 12.6 Å². The number of benzene rings is 1. The van der Waals surface area contributed by atoms with Crippen molar-refractivity contribution in [3.63, 3.8) is 0 Å². The summed E-state index contributed by atoms with van der Waals surface area (Å²) in [4.78, 5) is 0.477. The average Bonchev–Trinajstić information content (AvgIpc) is 1.93. The average molecular weight is 177 g/mol. The second-order valence-corrected chi connectivity index (χ2v) is 2.89. The Hall–Kier alpha value is -0.210. The van der Waals surface area contributed by atoms with Crippen LogP contribution in [-0.2, 0) is 0 Å². The summed E-state index contributed by atoms with van der Waals surface area (Å²) < 4.78 is 12.8. The van der Waals surface area contributed by atoms with E-state index < -0.39 is 0 Å². The number of rotatable bonds is 0. The highest BCUT2D eigenvalue weighted by Gasteiger charge is 2.04. The molecule has 0 aliphatic carbocycles. The fraction of sp³-hybridized carbons (Fsp3) is 0.143. The van der Waals surface area contributed by atoms with Gasteiger partial charge in [-0.2, -0.15) is 0 Å². The van der Waals surface area contributed by atoms with Crippen LogP contribution < -0.4 is 0 Å². The van der Waals surface area contributed by atoms with Crippen molar-refractivity contribution >= 4 is 24.2 Å². The van der Waals surface area contributed by atoms with Gasteiger partial charge in [0.15, 0.2) is 0 Å². The van der Waals surface area contributed by atoms with Gasteiger partial charge in [0, 0.05) is 4.90 Å². The SMILES string of the molecule is Cc1ccc(S)c(Cl)c1F. The molecule has 0 spiro atoms. The van der Waals surface area contributed by atoms with Gasteiger partial charge in [-0.25, -0.2) is 4.39 Å². The highest BCUT2D eigenvalue weighted by molar-refractivity contribution is 7.80. The molecule has 10 heavy (non-hydrogen) atoms. The monoisotopic (exact) mass is 176 g/mol. The molecule has 1 aromatic carbocycles. The fourth-order valence-electron chi connectivity index (χ4n) is 0.636. The van der Waals surface area contributed by atoms with Crippen LogP contribution in [0.5, 0.6) is 0 Å². The molecule has 1 rings (SSSR count). The van der Waals surface area contributed by atoms with E-state index in [9.17, 15) is 4.39 Å². The van der Waals surface area contributed by atoms with Crippen LogP contribution in [0, 0.1) is 12.7 Å². The molecule has 0 radical (unpaired) electrons. The number of halogens is 2. The minimum Gasteiger partial charge on any atom is -0.205 e. The van der Waals surface area contributed by atoms with Crippen molar-refractivity contribution in [1.29, 1.82) is 0 Å². The lowest BCUT2D eigenvalue weighted by molar-refractivity contribution is 0.615. The van der Waals surface area contributed by atoms with Crippen LogP contribution >= 0.6 is 24.2 Å². The molecular formula is C7H6ClFS. The highest BCUT2D eigenvalue weighted by Crippen LogP contribution is 2.24. The molecule has 0 saturated heterocycles. The lowest BCUT2D eigenvalue weighted by atomic mass is 10.2. The Morgan fingerprint density at radius 2 is 2.10 bits per heavy atom. The topological polar surface area (TPSA) is 0 Å². The fourth-order valence-corrected chi connectivity index (χ4v) is 1.02. The summed E-state index contributed by atoms with van der Waals surface area (Å²) in [6, 6.07) is 3.31. The van der Waals surface area contributed by atoms with Crippen LogP contribution in [0.1, 0.15) is 5.56 Å². The molecular weight excluding hydrogens is 171 g/mol. The molecule has 54 valence electrons. The molecule has 3 heteroatoms. The molecule has 1 aromatic rings. The molecule has 0 amide bonds. The van der Waals surface area contributed by atoms with Crippen LogP contribution in [0.2, 0.25) is 5.02 Å². The maximum absolute atomic E-state index is 12.8. The van der Waals surface area contributed by atoms with Gasteiger partial charge in [0.05, 0.1) is 5.02 Å². The molecule has 0 aromatic heterocycles. The van der Waals surface area contributed by atoms with Gasteiger partial charge in [0.1, 0.15) is 5.82 Å². The Labute approximate surface area is 69.4 Å². The minimum absolute atomic E-state index is 0.100. The lowest BCUT2D eigenvalue weighted by Crippen LogP contribution is -1.83. The first kappa shape index (κ1) is 7.89. The van der Waals surface area contributed by atoms with Crippen molar-refractivity contribution in [1.82, 2.24) is 0 Å². The second kappa shape index (κ2) is 2.81. The van der Waals surface area contributed by atoms with Crippen LogP contribution in [0.4, 0.5) is 4.39 Å². The van der Waals surface area contributed by atoms with Gasteiger partial charge in [-0.1, -0.05) is 17.7 Å². The van der Waals surface area contributed by atoms with E-state index in [0.29, 0.717) is 10.5 Å². The summed E-state index contributed by atoms with van der Waals surface area (Å²) in [5.41, 5.74) is 0.544. The normalized spacial score (nSPS) is 10.0. The molecule has 0 aliphatic heterocycles. The highest BCUT2D eigenvalue weighted by atomic mass is 35.5. The van der Waals surface area contributed by atoms with E-state index in [1.54, 1.807) is 19.1 Å². The summed E-state index contributed by atoms with van der Waals surface area (Å²) in [5, 5.41) is 0.100. The minimum atomic E-state index is -0.380. The Kier molecular flexibility index (Phi) is 2.21. The molecule has 0 heterocycles. The van der Waals surface area contributed by atoms with Gasteiger partial charge in [-0.05, 0) is 18.6 Å². The van der Waals surface area contributed by atoms with Crippen molar-refractivity contribution in [2.45, 2.75) is 11.8 Å². The van der Waals surface area contributed by atoms with Crippen molar-refractivity contribution in [2.75, 3.05) is 0 Å². The molecule has 0 nitrogen and oxygen atoms in total. The van der Waals surface area contributed by atoms with Crippen LogP contribution in [0.15, 0.2) is 17.0 Å². The van der Waals surface area contributed by atoms with Gasteiger partial charge in [-0.15, -0.1) is 12.6 Å². The standard InChI is InChI=1S/C7H6ClFS/c1-4-2-3-5(10)6(8)7(4)9/h2-3,10H,1H3. The summed E-state index contributed by atoms with van der Waals surface area (Å²) in [6.45, 7) is 1.66. The molecule has 0 atom stereocenters. The smallest absolute Gasteiger partial charge is 0.145 e. The molecule has 0 unspecified atom stereocenters. The zero-order valence-electron chi connectivity index (χ0n) is 5.36. The summed E-state index contributed by atoms with van der Waals surface area (Å²) in [6.07, 6.45) is 0. The van der Waals surface area contributed by atoms with E-state index in [0.717, 1.165) is 0 Å². The van der Waals surface area contributed by atoms with Gasteiger partial charge in [0.25, 0.3) is 0 Å².